The molecule has 0 unspecified atom stereocenters. The Hall–Kier alpha value is -1.59. The lowest BCUT2D eigenvalue weighted by molar-refractivity contribution is 0.0788. The summed E-state index contributed by atoms with van der Waals surface area (Å²) in [6.07, 6.45) is 3.11. The number of ether oxygens (including phenoxy) is 1. The Bertz CT molecular complexity index is 696. The van der Waals surface area contributed by atoms with E-state index >= 15 is 0 Å². The lowest BCUT2D eigenvalue weighted by Crippen LogP contribution is -2.27. The lowest BCUT2D eigenvalue weighted by atomic mass is 10.2. The third-order valence-corrected chi connectivity index (χ3v) is 4.95. The minimum absolute atomic E-state index is 0.0176. The topological polar surface area (TPSA) is 42.4 Å². The number of hydrogen-bond donors (Lipinski definition) is 0. The number of thiazole rings is 1. The predicted molar refractivity (Wildman–Crippen MR) is 93.5 cm³/mol. The third-order valence-electron chi connectivity index (χ3n) is 3.76. The zero-order valence-electron chi connectivity index (χ0n) is 13.0. The predicted octanol–water partition coefficient (Wildman–Crippen LogP) is 4.49. The largest absolute Gasteiger partial charge is 0.494 e. The van der Waals surface area contributed by atoms with Crippen LogP contribution in [0.2, 0.25) is 5.02 Å². The first-order valence-corrected chi connectivity index (χ1v) is 9.12. The van der Waals surface area contributed by atoms with Crippen LogP contribution in [0.5, 0.6) is 5.75 Å². The van der Waals surface area contributed by atoms with Crippen molar-refractivity contribution in [1.82, 2.24) is 9.88 Å². The van der Waals surface area contributed by atoms with Gasteiger partial charge in [0, 0.05) is 24.0 Å². The molecule has 4 nitrogen and oxygen atoms in total. The van der Waals surface area contributed by atoms with Gasteiger partial charge in [0.2, 0.25) is 0 Å². The van der Waals surface area contributed by atoms with Crippen molar-refractivity contribution in [3.8, 4) is 16.3 Å². The molecule has 0 bridgehead atoms. The molecule has 0 N–H and O–H groups in total. The number of amides is 1. The van der Waals surface area contributed by atoms with Crippen molar-refractivity contribution >= 4 is 28.8 Å². The molecule has 1 fully saturated rings. The van der Waals surface area contributed by atoms with Crippen LogP contribution >= 0.6 is 22.9 Å². The molecule has 122 valence electrons. The van der Waals surface area contributed by atoms with Crippen LogP contribution in [0.4, 0.5) is 0 Å². The zero-order chi connectivity index (χ0) is 16.2. The zero-order valence-corrected chi connectivity index (χ0v) is 14.6. The molecule has 0 aliphatic carbocycles. The summed E-state index contributed by atoms with van der Waals surface area (Å²) in [5.74, 6) is 0.773. The van der Waals surface area contributed by atoms with Crippen molar-refractivity contribution in [1.29, 1.82) is 0 Å². The number of hydrogen-bond acceptors (Lipinski definition) is 4. The van der Waals surface area contributed by atoms with Crippen molar-refractivity contribution in [3.05, 3.63) is 34.3 Å². The van der Waals surface area contributed by atoms with Gasteiger partial charge >= 0.3 is 0 Å². The Morgan fingerprint density at radius 1 is 1.39 bits per heavy atom. The number of halogens is 1. The second-order valence-electron chi connectivity index (χ2n) is 5.53. The van der Waals surface area contributed by atoms with Gasteiger partial charge in [-0.2, -0.15) is 0 Å². The highest BCUT2D eigenvalue weighted by Crippen LogP contribution is 2.33. The van der Waals surface area contributed by atoms with Crippen molar-refractivity contribution < 1.29 is 9.53 Å². The third kappa shape index (κ3) is 3.67. The van der Waals surface area contributed by atoms with E-state index in [9.17, 15) is 4.79 Å². The van der Waals surface area contributed by atoms with E-state index in [0.717, 1.165) is 48.7 Å². The quantitative estimate of drug-likeness (QED) is 0.798. The van der Waals surface area contributed by atoms with Crippen molar-refractivity contribution in [3.63, 3.8) is 0 Å². The maximum Gasteiger partial charge on any atom is 0.273 e. The minimum Gasteiger partial charge on any atom is -0.494 e. The average molecular weight is 351 g/mol. The Balaban J connectivity index is 1.78. The molecule has 0 radical (unpaired) electrons. The molecule has 3 rings (SSSR count). The minimum atomic E-state index is 0.0176. The van der Waals surface area contributed by atoms with Crippen LogP contribution in [0.1, 0.15) is 36.7 Å². The van der Waals surface area contributed by atoms with Gasteiger partial charge in [-0.3, -0.25) is 4.79 Å². The highest BCUT2D eigenvalue weighted by molar-refractivity contribution is 7.13. The van der Waals surface area contributed by atoms with E-state index < -0.39 is 0 Å². The monoisotopic (exact) mass is 350 g/mol. The number of rotatable bonds is 5. The van der Waals surface area contributed by atoms with Gasteiger partial charge in [-0.15, -0.1) is 11.3 Å². The molecule has 1 aliphatic heterocycles. The van der Waals surface area contributed by atoms with Gasteiger partial charge in [-0.1, -0.05) is 18.5 Å². The molecule has 1 saturated heterocycles. The lowest BCUT2D eigenvalue weighted by Gasteiger charge is -2.12. The number of carbonyl (C=O) groups is 1. The Morgan fingerprint density at radius 3 is 2.87 bits per heavy atom. The SMILES string of the molecule is CCCOc1ccc(-c2nc(C(=O)N3CCCC3)cs2)c(Cl)c1. The van der Waals surface area contributed by atoms with Crippen LogP contribution in [0.3, 0.4) is 0 Å². The molecule has 1 aromatic heterocycles. The second kappa shape index (κ2) is 7.32. The maximum atomic E-state index is 12.4. The highest BCUT2D eigenvalue weighted by atomic mass is 35.5. The van der Waals surface area contributed by atoms with Crippen LogP contribution in [0.15, 0.2) is 23.6 Å². The fourth-order valence-electron chi connectivity index (χ4n) is 2.56. The van der Waals surface area contributed by atoms with Gasteiger partial charge in [-0.05, 0) is 37.5 Å². The summed E-state index contributed by atoms with van der Waals surface area (Å²) in [7, 11) is 0. The van der Waals surface area contributed by atoms with E-state index in [0.29, 0.717) is 17.3 Å². The summed E-state index contributed by atoms with van der Waals surface area (Å²) >= 11 is 7.79. The van der Waals surface area contributed by atoms with Crippen LogP contribution < -0.4 is 4.74 Å². The van der Waals surface area contributed by atoms with Gasteiger partial charge in [-0.25, -0.2) is 4.98 Å². The van der Waals surface area contributed by atoms with Gasteiger partial charge in [0.1, 0.15) is 16.5 Å². The number of carbonyl (C=O) groups excluding carboxylic acids is 1. The molecule has 2 aromatic rings. The molecule has 0 saturated carbocycles. The van der Waals surface area contributed by atoms with E-state index in [-0.39, 0.29) is 5.91 Å². The Kier molecular flexibility index (Phi) is 5.18. The number of likely N-dealkylation sites (tertiary alicyclic amines) is 1. The van der Waals surface area contributed by atoms with Crippen LogP contribution in [-0.2, 0) is 0 Å². The number of aromatic nitrogens is 1. The Morgan fingerprint density at radius 2 is 2.17 bits per heavy atom. The summed E-state index contributed by atoms with van der Waals surface area (Å²) in [5, 5.41) is 3.17. The smallest absolute Gasteiger partial charge is 0.273 e. The molecule has 1 aromatic carbocycles. The number of benzene rings is 1. The van der Waals surface area contributed by atoms with E-state index in [1.807, 2.05) is 22.4 Å². The fourth-order valence-corrected chi connectivity index (χ4v) is 3.71. The van der Waals surface area contributed by atoms with E-state index in [2.05, 4.69) is 11.9 Å². The van der Waals surface area contributed by atoms with Gasteiger partial charge in [0.05, 0.1) is 11.6 Å². The van der Waals surface area contributed by atoms with E-state index in [1.54, 1.807) is 6.07 Å². The van der Waals surface area contributed by atoms with Gasteiger partial charge in [0.25, 0.3) is 5.91 Å². The van der Waals surface area contributed by atoms with Crippen molar-refractivity contribution in [2.45, 2.75) is 26.2 Å². The summed E-state index contributed by atoms with van der Waals surface area (Å²) in [4.78, 5) is 18.7. The van der Waals surface area contributed by atoms with Gasteiger partial charge < -0.3 is 9.64 Å². The highest BCUT2D eigenvalue weighted by Gasteiger charge is 2.22. The first-order valence-electron chi connectivity index (χ1n) is 7.86. The number of nitrogens with zero attached hydrogens (tertiary/aromatic N) is 2. The summed E-state index contributed by atoms with van der Waals surface area (Å²) < 4.78 is 5.58. The standard InChI is InChI=1S/C17H19ClN2O2S/c1-2-9-22-12-5-6-13(14(18)10-12)16-19-15(11-23-16)17(21)20-7-3-4-8-20/h5-6,10-11H,2-4,7-9H2,1H3. The second-order valence-corrected chi connectivity index (χ2v) is 6.79. The maximum absolute atomic E-state index is 12.4. The van der Waals surface area contributed by atoms with Crippen LogP contribution in [-0.4, -0.2) is 35.5 Å². The fraction of sp³-hybridized carbons (Fsp3) is 0.412. The molecular formula is C17H19ClN2O2S. The van der Waals surface area contributed by atoms with Crippen molar-refractivity contribution in [2.24, 2.45) is 0 Å². The molecule has 1 amide bonds. The average Bonchev–Trinajstić information content (AvgIpc) is 3.24. The van der Waals surface area contributed by atoms with Gasteiger partial charge in [0.15, 0.2) is 0 Å². The van der Waals surface area contributed by atoms with Crippen LogP contribution in [0, 0.1) is 0 Å². The molecule has 23 heavy (non-hydrogen) atoms. The molecule has 1 aliphatic rings. The normalized spacial score (nSPS) is 14.3. The molecule has 0 atom stereocenters. The molecular weight excluding hydrogens is 332 g/mol. The molecule has 2 heterocycles. The first-order chi connectivity index (χ1) is 11.2. The first kappa shape index (κ1) is 16.3. The molecule has 6 heteroatoms. The van der Waals surface area contributed by atoms with E-state index in [1.165, 1.54) is 11.3 Å². The summed E-state index contributed by atoms with van der Waals surface area (Å²) in [6.45, 7) is 4.39. The van der Waals surface area contributed by atoms with Crippen molar-refractivity contribution in [2.75, 3.05) is 19.7 Å². The van der Waals surface area contributed by atoms with E-state index in [4.69, 9.17) is 16.3 Å². The van der Waals surface area contributed by atoms with Crippen LogP contribution in [0.25, 0.3) is 10.6 Å². The Labute approximate surface area is 145 Å². The molecule has 0 spiro atoms. The summed E-state index contributed by atoms with van der Waals surface area (Å²) in [5.41, 5.74) is 1.34. The summed E-state index contributed by atoms with van der Waals surface area (Å²) in [6, 6.07) is 5.59.